The summed E-state index contributed by atoms with van der Waals surface area (Å²) in [4.78, 5) is 27.3. The number of aliphatic hydroxyl groups is 1. The number of benzene rings is 2. The molecule has 1 aliphatic rings. The first-order valence-corrected chi connectivity index (χ1v) is 11.9. The quantitative estimate of drug-likeness (QED) is 0.450. The van der Waals surface area contributed by atoms with Crippen LogP contribution in [0.25, 0.3) is 0 Å². The number of carbonyl (C=O) groups is 2. The van der Waals surface area contributed by atoms with Gasteiger partial charge in [0.2, 0.25) is 5.91 Å². The number of ether oxygens (including phenoxy) is 2. The van der Waals surface area contributed by atoms with Crippen LogP contribution < -0.4 is 10.1 Å². The highest BCUT2D eigenvalue weighted by Gasteiger charge is 2.38. The number of hydrogen-bond acceptors (Lipinski definition) is 5. The van der Waals surface area contributed by atoms with Gasteiger partial charge in [-0.15, -0.1) is 13.2 Å². The zero-order valence-electron chi connectivity index (χ0n) is 20.0. The largest absolute Gasteiger partial charge is 0.491 e. The van der Waals surface area contributed by atoms with E-state index in [0.29, 0.717) is 12.2 Å². The summed E-state index contributed by atoms with van der Waals surface area (Å²) in [6.45, 7) is 7.99. The molecular weight excluding hydrogens is 444 g/mol. The zero-order chi connectivity index (χ0) is 25.0. The second-order valence-electron chi connectivity index (χ2n) is 8.60. The van der Waals surface area contributed by atoms with Crippen molar-refractivity contribution in [2.75, 3.05) is 13.2 Å². The normalized spacial score (nSPS) is 17.9. The highest BCUT2D eigenvalue weighted by Crippen LogP contribution is 2.22. The number of likely N-dealkylation sites (tertiary alicyclic amines) is 1. The molecule has 1 heterocycles. The topological polar surface area (TPSA) is 88.1 Å². The van der Waals surface area contributed by atoms with Crippen molar-refractivity contribution in [3.8, 4) is 5.75 Å². The van der Waals surface area contributed by atoms with Crippen molar-refractivity contribution in [2.24, 2.45) is 0 Å². The van der Waals surface area contributed by atoms with Crippen LogP contribution >= 0.6 is 0 Å². The van der Waals surface area contributed by atoms with Gasteiger partial charge in [-0.3, -0.25) is 4.79 Å². The van der Waals surface area contributed by atoms with Gasteiger partial charge in [-0.05, 0) is 48.9 Å². The Labute approximate surface area is 207 Å². The highest BCUT2D eigenvalue weighted by molar-refractivity contribution is 5.86. The number of carbonyl (C=O) groups excluding carboxylic acids is 2. The van der Waals surface area contributed by atoms with Crippen LogP contribution in [0.2, 0.25) is 0 Å². The van der Waals surface area contributed by atoms with Gasteiger partial charge in [0.15, 0.2) is 0 Å². The molecule has 0 spiro atoms. The van der Waals surface area contributed by atoms with Crippen molar-refractivity contribution < 1.29 is 24.2 Å². The van der Waals surface area contributed by atoms with E-state index >= 15 is 0 Å². The second kappa shape index (κ2) is 13.3. The van der Waals surface area contributed by atoms with Gasteiger partial charge < -0.3 is 24.8 Å². The third-order valence-electron chi connectivity index (χ3n) is 5.86. The fourth-order valence-corrected chi connectivity index (χ4v) is 4.07. The molecule has 35 heavy (non-hydrogen) atoms. The summed E-state index contributed by atoms with van der Waals surface area (Å²) in [7, 11) is 0. The fourth-order valence-electron chi connectivity index (χ4n) is 4.07. The average Bonchev–Trinajstić information content (AvgIpc) is 3.25. The molecule has 1 aliphatic heterocycles. The van der Waals surface area contributed by atoms with Gasteiger partial charge in [0.05, 0.1) is 12.1 Å². The lowest BCUT2D eigenvalue weighted by atomic mass is 10.1. The Morgan fingerprint density at radius 1 is 1.11 bits per heavy atom. The predicted octanol–water partition coefficient (Wildman–Crippen LogP) is 4.02. The van der Waals surface area contributed by atoms with Gasteiger partial charge in [0, 0.05) is 6.54 Å². The number of aliphatic hydroxyl groups excluding tert-OH is 1. The van der Waals surface area contributed by atoms with Gasteiger partial charge >= 0.3 is 6.09 Å². The van der Waals surface area contributed by atoms with Gasteiger partial charge in [-0.1, -0.05) is 54.6 Å². The SMILES string of the molecule is C=CCCc1cccc(OC[C@@H]2C[C@H](O)CN2C(=O)[C@H](CC=C)NC(=O)OCc2ccccc2)c1. The lowest BCUT2D eigenvalue weighted by Crippen LogP contribution is -2.51. The minimum atomic E-state index is -0.842. The highest BCUT2D eigenvalue weighted by atomic mass is 16.5. The maximum absolute atomic E-state index is 13.3. The molecular formula is C28H34N2O5. The molecule has 0 saturated carbocycles. The lowest BCUT2D eigenvalue weighted by molar-refractivity contribution is -0.135. The molecule has 1 fully saturated rings. The first-order valence-electron chi connectivity index (χ1n) is 11.9. The van der Waals surface area contributed by atoms with Crippen LogP contribution in [0.5, 0.6) is 5.75 Å². The van der Waals surface area contributed by atoms with E-state index in [1.165, 1.54) is 0 Å². The third kappa shape index (κ3) is 8.00. The molecule has 2 aromatic rings. The molecule has 1 saturated heterocycles. The Hall–Kier alpha value is -3.58. The van der Waals surface area contributed by atoms with Crippen LogP contribution in [-0.4, -0.2) is 53.3 Å². The first kappa shape index (κ1) is 26.0. The Balaban J connectivity index is 1.59. The summed E-state index contributed by atoms with van der Waals surface area (Å²) >= 11 is 0. The fraction of sp³-hybridized carbons (Fsp3) is 0.357. The van der Waals surface area contributed by atoms with Crippen molar-refractivity contribution in [1.29, 1.82) is 0 Å². The molecule has 186 valence electrons. The maximum atomic E-state index is 13.3. The molecule has 0 bridgehead atoms. The van der Waals surface area contributed by atoms with E-state index in [0.717, 1.165) is 24.0 Å². The first-order chi connectivity index (χ1) is 17.0. The Morgan fingerprint density at radius 3 is 2.63 bits per heavy atom. The smallest absolute Gasteiger partial charge is 0.408 e. The summed E-state index contributed by atoms with van der Waals surface area (Å²) in [6.07, 6.45) is 4.52. The van der Waals surface area contributed by atoms with Crippen molar-refractivity contribution in [1.82, 2.24) is 10.2 Å². The lowest BCUT2D eigenvalue weighted by Gasteiger charge is -2.28. The maximum Gasteiger partial charge on any atom is 0.408 e. The predicted molar refractivity (Wildman–Crippen MR) is 135 cm³/mol. The minimum Gasteiger partial charge on any atom is -0.491 e. The van der Waals surface area contributed by atoms with E-state index in [1.54, 1.807) is 11.0 Å². The Kier molecular flexibility index (Phi) is 9.93. The number of amides is 2. The molecule has 0 radical (unpaired) electrons. The average molecular weight is 479 g/mol. The molecule has 2 N–H and O–H groups in total. The van der Waals surface area contributed by atoms with Crippen molar-refractivity contribution in [3.05, 3.63) is 91.0 Å². The van der Waals surface area contributed by atoms with Crippen molar-refractivity contribution in [2.45, 2.75) is 50.5 Å². The third-order valence-corrected chi connectivity index (χ3v) is 5.86. The second-order valence-corrected chi connectivity index (χ2v) is 8.60. The molecule has 2 aromatic carbocycles. The van der Waals surface area contributed by atoms with E-state index < -0.39 is 18.2 Å². The number of β-amino-alcohol motifs (C(OH)–C–C–N with tert-alkyl or cyclic N) is 1. The summed E-state index contributed by atoms with van der Waals surface area (Å²) in [6, 6.07) is 16.0. The van der Waals surface area contributed by atoms with Crippen LogP contribution in [0, 0.1) is 0 Å². The van der Waals surface area contributed by atoms with Crippen LogP contribution in [0.3, 0.4) is 0 Å². The molecule has 0 aromatic heterocycles. The molecule has 7 nitrogen and oxygen atoms in total. The Morgan fingerprint density at radius 2 is 1.89 bits per heavy atom. The molecule has 3 atom stereocenters. The summed E-state index contributed by atoms with van der Waals surface area (Å²) in [5, 5.41) is 12.9. The number of aryl methyl sites for hydroxylation is 1. The van der Waals surface area contributed by atoms with Crippen LogP contribution in [0.1, 0.15) is 30.4 Å². The van der Waals surface area contributed by atoms with Crippen molar-refractivity contribution in [3.63, 3.8) is 0 Å². The van der Waals surface area contributed by atoms with Gasteiger partial charge in [0.25, 0.3) is 0 Å². The number of rotatable bonds is 12. The Bertz CT molecular complexity index is 994. The van der Waals surface area contributed by atoms with E-state index in [2.05, 4.69) is 18.5 Å². The number of nitrogens with zero attached hydrogens (tertiary/aromatic N) is 1. The summed E-state index contributed by atoms with van der Waals surface area (Å²) < 4.78 is 11.3. The standard InChI is InChI=1S/C28H34N2O5/c1-3-5-11-21-14-9-15-25(16-21)34-20-23-17-24(31)18-30(23)27(32)26(10-4-2)29-28(33)35-19-22-12-7-6-8-13-22/h3-4,6-9,12-16,23-24,26,31H,1-2,5,10-11,17-20H2,(H,29,33)/t23-,24-,26-/m0/s1. The van der Waals surface area contributed by atoms with Gasteiger partial charge in [0.1, 0.15) is 25.0 Å². The summed E-state index contributed by atoms with van der Waals surface area (Å²) in [5.41, 5.74) is 1.99. The number of alkyl carbamates (subject to hydrolysis) is 1. The molecule has 7 heteroatoms. The van der Waals surface area contributed by atoms with Gasteiger partial charge in [-0.25, -0.2) is 4.79 Å². The van der Waals surface area contributed by atoms with E-state index in [9.17, 15) is 14.7 Å². The van der Waals surface area contributed by atoms with Crippen LogP contribution in [-0.2, 0) is 22.6 Å². The molecule has 2 amide bonds. The number of nitrogens with one attached hydrogen (secondary N) is 1. The molecule has 3 rings (SSSR count). The number of hydrogen-bond donors (Lipinski definition) is 2. The number of allylic oxidation sites excluding steroid dienone is 1. The van der Waals surface area contributed by atoms with E-state index in [4.69, 9.17) is 9.47 Å². The minimum absolute atomic E-state index is 0.104. The zero-order valence-corrected chi connectivity index (χ0v) is 20.0. The van der Waals surface area contributed by atoms with Crippen LogP contribution in [0.4, 0.5) is 4.79 Å². The summed E-state index contributed by atoms with van der Waals surface area (Å²) in [5.74, 6) is 0.414. The van der Waals surface area contributed by atoms with E-state index in [1.807, 2.05) is 60.7 Å². The van der Waals surface area contributed by atoms with E-state index in [-0.39, 0.29) is 38.1 Å². The van der Waals surface area contributed by atoms with Crippen molar-refractivity contribution >= 4 is 12.0 Å². The molecule has 0 aliphatic carbocycles. The van der Waals surface area contributed by atoms with Gasteiger partial charge in [-0.2, -0.15) is 0 Å². The molecule has 0 unspecified atom stereocenters. The van der Waals surface area contributed by atoms with Crippen LogP contribution in [0.15, 0.2) is 79.9 Å². The monoisotopic (exact) mass is 478 g/mol.